The average molecular weight is 257 g/mol. The molecule has 100 valence electrons. The first-order valence-corrected chi connectivity index (χ1v) is 6.55. The molecule has 19 heavy (non-hydrogen) atoms. The van der Waals surface area contributed by atoms with E-state index in [1.54, 1.807) is 6.20 Å². The summed E-state index contributed by atoms with van der Waals surface area (Å²) in [5.74, 6) is 0.931. The van der Waals surface area contributed by atoms with Gasteiger partial charge in [0.2, 0.25) is 5.91 Å². The molecule has 1 aromatic carbocycles. The zero-order valence-electron chi connectivity index (χ0n) is 11.4. The van der Waals surface area contributed by atoms with Gasteiger partial charge in [0.1, 0.15) is 12.4 Å². The highest BCUT2D eigenvalue weighted by molar-refractivity contribution is 5.90. The number of imidazole rings is 1. The van der Waals surface area contributed by atoms with E-state index >= 15 is 0 Å². The molecule has 0 unspecified atom stereocenters. The lowest BCUT2D eigenvalue weighted by Crippen LogP contribution is -2.19. The molecule has 2 rings (SSSR count). The van der Waals surface area contributed by atoms with E-state index in [0.717, 1.165) is 24.4 Å². The van der Waals surface area contributed by atoms with Crippen LogP contribution in [0.1, 0.15) is 24.7 Å². The summed E-state index contributed by atoms with van der Waals surface area (Å²) < 4.78 is 1.90. The van der Waals surface area contributed by atoms with Gasteiger partial charge in [-0.3, -0.25) is 4.79 Å². The Hall–Kier alpha value is -2.10. The zero-order valence-corrected chi connectivity index (χ0v) is 11.4. The fourth-order valence-corrected chi connectivity index (χ4v) is 1.93. The standard InChI is InChI=1S/C15H19N3O/c1-3-4-14-16-9-10-18(14)11-15(19)17-13-7-5-12(2)6-8-13/h5-10H,3-4,11H2,1-2H3,(H,17,19). The van der Waals surface area contributed by atoms with E-state index in [1.165, 1.54) is 5.56 Å². The number of aryl methyl sites for hydroxylation is 2. The lowest BCUT2D eigenvalue weighted by Gasteiger charge is -2.08. The maximum atomic E-state index is 12.0. The molecule has 1 N–H and O–H groups in total. The molecule has 0 aliphatic rings. The summed E-state index contributed by atoms with van der Waals surface area (Å²) in [5, 5.41) is 2.89. The average Bonchev–Trinajstić information content (AvgIpc) is 2.80. The van der Waals surface area contributed by atoms with Crippen LogP contribution in [0.4, 0.5) is 5.69 Å². The summed E-state index contributed by atoms with van der Waals surface area (Å²) in [4.78, 5) is 16.2. The highest BCUT2D eigenvalue weighted by Gasteiger charge is 2.07. The minimum absolute atomic E-state index is 0.0285. The molecule has 0 fully saturated rings. The smallest absolute Gasteiger partial charge is 0.244 e. The summed E-state index contributed by atoms with van der Waals surface area (Å²) in [7, 11) is 0. The van der Waals surface area contributed by atoms with Gasteiger partial charge in [-0.25, -0.2) is 4.98 Å². The Morgan fingerprint density at radius 3 is 2.74 bits per heavy atom. The lowest BCUT2D eigenvalue weighted by molar-refractivity contribution is -0.116. The lowest BCUT2D eigenvalue weighted by atomic mass is 10.2. The highest BCUT2D eigenvalue weighted by Crippen LogP contribution is 2.09. The molecule has 0 spiro atoms. The minimum Gasteiger partial charge on any atom is -0.326 e. The Balaban J connectivity index is 1.97. The molecule has 1 amide bonds. The van der Waals surface area contributed by atoms with Crippen molar-refractivity contribution in [2.45, 2.75) is 33.2 Å². The van der Waals surface area contributed by atoms with Gasteiger partial charge in [0.15, 0.2) is 0 Å². The Morgan fingerprint density at radius 2 is 2.05 bits per heavy atom. The number of benzene rings is 1. The molecular weight excluding hydrogens is 238 g/mol. The molecule has 0 radical (unpaired) electrons. The predicted octanol–water partition coefficient (Wildman–Crippen LogP) is 2.78. The first-order valence-electron chi connectivity index (χ1n) is 6.55. The van der Waals surface area contributed by atoms with E-state index in [0.29, 0.717) is 6.54 Å². The summed E-state index contributed by atoms with van der Waals surface area (Å²) in [6, 6.07) is 7.78. The number of amides is 1. The van der Waals surface area contributed by atoms with Crippen molar-refractivity contribution < 1.29 is 4.79 Å². The molecule has 0 aliphatic heterocycles. The van der Waals surface area contributed by atoms with Gasteiger partial charge < -0.3 is 9.88 Å². The van der Waals surface area contributed by atoms with E-state index in [2.05, 4.69) is 17.2 Å². The molecule has 4 nitrogen and oxygen atoms in total. The van der Waals surface area contributed by atoms with E-state index in [4.69, 9.17) is 0 Å². The highest BCUT2D eigenvalue weighted by atomic mass is 16.1. The third-order valence-electron chi connectivity index (χ3n) is 2.92. The van der Waals surface area contributed by atoms with Crippen LogP contribution in [0.3, 0.4) is 0 Å². The maximum Gasteiger partial charge on any atom is 0.244 e. The monoisotopic (exact) mass is 257 g/mol. The minimum atomic E-state index is -0.0285. The zero-order chi connectivity index (χ0) is 13.7. The van der Waals surface area contributed by atoms with Crippen molar-refractivity contribution in [1.29, 1.82) is 0 Å². The molecule has 4 heteroatoms. The van der Waals surface area contributed by atoms with Crippen LogP contribution in [0.15, 0.2) is 36.7 Å². The number of carbonyl (C=O) groups excluding carboxylic acids is 1. The molecule has 1 aromatic heterocycles. The van der Waals surface area contributed by atoms with Gasteiger partial charge in [-0.1, -0.05) is 24.6 Å². The number of rotatable bonds is 5. The molecule has 0 saturated carbocycles. The van der Waals surface area contributed by atoms with Crippen molar-refractivity contribution in [3.63, 3.8) is 0 Å². The van der Waals surface area contributed by atoms with Gasteiger partial charge in [-0.05, 0) is 25.5 Å². The molecular formula is C15H19N3O. The van der Waals surface area contributed by atoms with Gasteiger partial charge in [0, 0.05) is 24.5 Å². The van der Waals surface area contributed by atoms with Gasteiger partial charge >= 0.3 is 0 Å². The van der Waals surface area contributed by atoms with Crippen LogP contribution in [-0.4, -0.2) is 15.5 Å². The predicted molar refractivity (Wildman–Crippen MR) is 76.0 cm³/mol. The van der Waals surface area contributed by atoms with Crippen LogP contribution in [0.2, 0.25) is 0 Å². The summed E-state index contributed by atoms with van der Waals surface area (Å²) in [6.45, 7) is 4.43. The number of anilines is 1. The van der Waals surface area contributed by atoms with Crippen molar-refractivity contribution in [3.8, 4) is 0 Å². The quantitative estimate of drug-likeness (QED) is 0.895. The Morgan fingerprint density at radius 1 is 1.32 bits per heavy atom. The second-order valence-corrected chi connectivity index (χ2v) is 4.64. The molecule has 2 aromatic rings. The van der Waals surface area contributed by atoms with E-state index in [-0.39, 0.29) is 5.91 Å². The summed E-state index contributed by atoms with van der Waals surface area (Å²) in [5.41, 5.74) is 2.01. The Kier molecular flexibility index (Phi) is 4.34. The van der Waals surface area contributed by atoms with E-state index in [1.807, 2.05) is 42.0 Å². The van der Waals surface area contributed by atoms with Crippen molar-refractivity contribution in [3.05, 3.63) is 48.0 Å². The molecule has 0 aliphatic carbocycles. The molecule has 1 heterocycles. The number of nitrogens with zero attached hydrogens (tertiary/aromatic N) is 2. The first-order chi connectivity index (χ1) is 9.19. The van der Waals surface area contributed by atoms with E-state index in [9.17, 15) is 4.79 Å². The van der Waals surface area contributed by atoms with Crippen molar-refractivity contribution >= 4 is 11.6 Å². The number of hydrogen-bond acceptors (Lipinski definition) is 2. The fourth-order valence-electron chi connectivity index (χ4n) is 1.93. The van der Waals surface area contributed by atoms with Gasteiger partial charge in [0.05, 0.1) is 0 Å². The first kappa shape index (κ1) is 13.3. The fraction of sp³-hybridized carbons (Fsp3) is 0.333. The largest absolute Gasteiger partial charge is 0.326 e. The normalized spacial score (nSPS) is 10.4. The van der Waals surface area contributed by atoms with Gasteiger partial charge in [-0.15, -0.1) is 0 Å². The van der Waals surface area contributed by atoms with Crippen LogP contribution >= 0.6 is 0 Å². The Labute approximate surface area is 113 Å². The maximum absolute atomic E-state index is 12.0. The van der Waals surface area contributed by atoms with Gasteiger partial charge in [0.25, 0.3) is 0 Å². The van der Waals surface area contributed by atoms with Crippen LogP contribution in [-0.2, 0) is 17.8 Å². The van der Waals surface area contributed by atoms with Crippen LogP contribution in [0.5, 0.6) is 0 Å². The number of aromatic nitrogens is 2. The summed E-state index contributed by atoms with van der Waals surface area (Å²) >= 11 is 0. The Bertz CT molecular complexity index is 543. The topological polar surface area (TPSA) is 46.9 Å². The number of carbonyl (C=O) groups is 1. The molecule has 0 atom stereocenters. The molecule has 0 bridgehead atoms. The summed E-state index contributed by atoms with van der Waals surface area (Å²) in [6.07, 6.45) is 5.51. The number of nitrogens with one attached hydrogen (secondary N) is 1. The third-order valence-corrected chi connectivity index (χ3v) is 2.92. The third kappa shape index (κ3) is 3.68. The van der Waals surface area contributed by atoms with E-state index < -0.39 is 0 Å². The molecule has 0 saturated heterocycles. The second-order valence-electron chi connectivity index (χ2n) is 4.64. The van der Waals surface area contributed by atoms with Crippen molar-refractivity contribution in [2.24, 2.45) is 0 Å². The van der Waals surface area contributed by atoms with Crippen molar-refractivity contribution in [1.82, 2.24) is 9.55 Å². The van der Waals surface area contributed by atoms with Crippen LogP contribution < -0.4 is 5.32 Å². The van der Waals surface area contributed by atoms with Gasteiger partial charge in [-0.2, -0.15) is 0 Å². The SMILES string of the molecule is CCCc1nccn1CC(=O)Nc1ccc(C)cc1. The van der Waals surface area contributed by atoms with Crippen LogP contribution in [0.25, 0.3) is 0 Å². The van der Waals surface area contributed by atoms with Crippen molar-refractivity contribution in [2.75, 3.05) is 5.32 Å². The van der Waals surface area contributed by atoms with Crippen LogP contribution in [0, 0.1) is 6.92 Å². The number of hydrogen-bond donors (Lipinski definition) is 1. The second kappa shape index (κ2) is 6.18.